The zero-order valence-corrected chi connectivity index (χ0v) is 14.7. The smallest absolute Gasteiger partial charge is 0.227 e. The number of benzene rings is 1. The van der Waals surface area contributed by atoms with E-state index in [-0.39, 0.29) is 24.0 Å². The van der Waals surface area contributed by atoms with E-state index in [1.54, 1.807) is 4.90 Å². The van der Waals surface area contributed by atoms with Gasteiger partial charge in [0.05, 0.1) is 5.75 Å². The molecule has 3 rings (SSSR count). The zero-order chi connectivity index (χ0) is 17.2. The minimum Gasteiger partial charge on any atom is -0.312 e. The van der Waals surface area contributed by atoms with E-state index in [4.69, 9.17) is 5.14 Å². The fourth-order valence-electron chi connectivity index (χ4n) is 3.72. The van der Waals surface area contributed by atoms with Crippen LogP contribution >= 0.6 is 0 Å². The first-order valence-corrected chi connectivity index (χ1v) is 10.2. The van der Waals surface area contributed by atoms with Gasteiger partial charge < -0.3 is 4.90 Å². The van der Waals surface area contributed by atoms with Gasteiger partial charge in [-0.15, -0.1) is 0 Å². The first-order valence-electron chi connectivity index (χ1n) is 8.53. The summed E-state index contributed by atoms with van der Waals surface area (Å²) in [7, 11) is -3.56. The fourth-order valence-corrected chi connectivity index (χ4v) is 4.60. The average molecular weight is 351 g/mol. The van der Waals surface area contributed by atoms with Crippen LogP contribution in [0.3, 0.4) is 0 Å². The van der Waals surface area contributed by atoms with Gasteiger partial charge in [0.1, 0.15) is 0 Å². The first-order chi connectivity index (χ1) is 11.4. The number of nitrogens with zero attached hydrogens (tertiary/aromatic N) is 2. The highest BCUT2D eigenvalue weighted by molar-refractivity contribution is 7.89. The van der Waals surface area contributed by atoms with E-state index in [1.165, 1.54) is 19.3 Å². The lowest BCUT2D eigenvalue weighted by atomic mass is 10.1. The van der Waals surface area contributed by atoms with Gasteiger partial charge in [0.2, 0.25) is 15.9 Å². The molecule has 1 atom stereocenters. The number of carbonyl (C=O) groups is 1. The third kappa shape index (κ3) is 4.34. The molecule has 1 aromatic rings. The summed E-state index contributed by atoms with van der Waals surface area (Å²) in [6.07, 6.45) is 3.98. The molecule has 6 nitrogen and oxygen atoms in total. The molecule has 24 heavy (non-hydrogen) atoms. The summed E-state index contributed by atoms with van der Waals surface area (Å²) in [6.45, 7) is 3.44. The van der Waals surface area contributed by atoms with Crippen LogP contribution in [0.5, 0.6) is 0 Å². The number of piperidine rings is 1. The Morgan fingerprint density at radius 3 is 2.54 bits per heavy atom. The molecule has 0 aromatic heterocycles. The van der Waals surface area contributed by atoms with Crippen LogP contribution in [0.25, 0.3) is 0 Å². The molecule has 0 bridgehead atoms. The quantitative estimate of drug-likeness (QED) is 0.867. The lowest BCUT2D eigenvalue weighted by Gasteiger charge is -2.28. The highest BCUT2D eigenvalue weighted by Gasteiger charge is 2.33. The molecule has 2 heterocycles. The van der Waals surface area contributed by atoms with Gasteiger partial charge in [0.25, 0.3) is 0 Å². The molecule has 7 heteroatoms. The summed E-state index contributed by atoms with van der Waals surface area (Å²) in [5.74, 6) is -0.380. The number of hydrogen-bond donors (Lipinski definition) is 1. The Bertz CT molecular complexity index is 699. The van der Waals surface area contributed by atoms with Gasteiger partial charge in [-0.1, -0.05) is 24.6 Å². The minimum absolute atomic E-state index is 0.0188. The fraction of sp³-hybridized carbons (Fsp3) is 0.588. The molecular weight excluding hydrogens is 326 g/mol. The monoisotopic (exact) mass is 351 g/mol. The van der Waals surface area contributed by atoms with Crippen LogP contribution < -0.4 is 10.0 Å². The van der Waals surface area contributed by atoms with Crippen LogP contribution in [0.1, 0.15) is 31.2 Å². The number of primary sulfonamides is 1. The Labute approximate surface area is 143 Å². The molecule has 0 saturated carbocycles. The molecule has 2 saturated heterocycles. The summed E-state index contributed by atoms with van der Waals surface area (Å²) in [4.78, 5) is 16.5. The molecule has 1 amide bonds. The van der Waals surface area contributed by atoms with Crippen molar-refractivity contribution in [2.24, 2.45) is 11.1 Å². The van der Waals surface area contributed by atoms with Crippen molar-refractivity contribution in [2.75, 3.05) is 30.3 Å². The second kappa shape index (κ2) is 7.21. The average Bonchev–Trinajstić information content (AvgIpc) is 2.87. The largest absolute Gasteiger partial charge is 0.312 e. The minimum atomic E-state index is -3.56. The van der Waals surface area contributed by atoms with Gasteiger partial charge in [-0.25, -0.2) is 13.6 Å². The number of nitrogens with two attached hydrogens (primary N) is 1. The Morgan fingerprint density at radius 1 is 1.12 bits per heavy atom. The SMILES string of the molecule is NS(=O)(=O)CC1CC(=O)N(c2ccccc2CN2CCCCC2)C1. The van der Waals surface area contributed by atoms with E-state index < -0.39 is 10.0 Å². The summed E-state index contributed by atoms with van der Waals surface area (Å²) < 4.78 is 22.6. The summed E-state index contributed by atoms with van der Waals surface area (Å²) in [5, 5.41) is 5.13. The molecule has 1 unspecified atom stereocenters. The molecule has 2 aliphatic rings. The number of para-hydroxylation sites is 1. The molecular formula is C17H25N3O3S. The Balaban J connectivity index is 1.75. The Hall–Kier alpha value is -1.44. The number of rotatable bonds is 5. The van der Waals surface area contributed by atoms with Gasteiger partial charge in [0, 0.05) is 31.1 Å². The predicted octanol–water partition coefficient (Wildman–Crippen LogP) is 1.31. The lowest BCUT2D eigenvalue weighted by Crippen LogP contribution is -2.31. The summed E-state index contributed by atoms with van der Waals surface area (Å²) in [6, 6.07) is 7.93. The van der Waals surface area contributed by atoms with Crippen LogP contribution in [-0.2, 0) is 21.4 Å². The second-order valence-electron chi connectivity index (χ2n) is 6.87. The summed E-state index contributed by atoms with van der Waals surface area (Å²) >= 11 is 0. The first kappa shape index (κ1) is 17.4. The van der Waals surface area contributed by atoms with Crippen LogP contribution in [0.4, 0.5) is 5.69 Å². The molecule has 2 N–H and O–H groups in total. The Morgan fingerprint density at radius 2 is 1.83 bits per heavy atom. The lowest BCUT2D eigenvalue weighted by molar-refractivity contribution is -0.117. The maximum absolute atomic E-state index is 12.4. The highest BCUT2D eigenvalue weighted by Crippen LogP contribution is 2.29. The highest BCUT2D eigenvalue weighted by atomic mass is 32.2. The van der Waals surface area contributed by atoms with E-state index in [0.717, 1.165) is 30.9 Å². The van der Waals surface area contributed by atoms with Crippen molar-refractivity contribution in [1.29, 1.82) is 0 Å². The number of hydrogen-bond acceptors (Lipinski definition) is 4. The number of amides is 1. The molecule has 0 radical (unpaired) electrons. The van der Waals surface area contributed by atoms with Gasteiger partial charge in [-0.05, 0) is 37.6 Å². The van der Waals surface area contributed by atoms with Gasteiger partial charge in [-0.3, -0.25) is 9.69 Å². The molecule has 0 spiro atoms. The van der Waals surface area contributed by atoms with E-state index >= 15 is 0 Å². The van der Waals surface area contributed by atoms with Crippen molar-refractivity contribution in [3.05, 3.63) is 29.8 Å². The third-order valence-electron chi connectivity index (χ3n) is 4.80. The van der Waals surface area contributed by atoms with E-state index in [1.807, 2.05) is 18.2 Å². The van der Waals surface area contributed by atoms with Crippen molar-refractivity contribution in [3.63, 3.8) is 0 Å². The molecule has 132 valence electrons. The zero-order valence-electron chi connectivity index (χ0n) is 13.9. The number of carbonyl (C=O) groups excluding carboxylic acids is 1. The number of anilines is 1. The van der Waals surface area contributed by atoms with E-state index in [0.29, 0.717) is 6.54 Å². The topological polar surface area (TPSA) is 83.7 Å². The van der Waals surface area contributed by atoms with Crippen molar-refractivity contribution in [1.82, 2.24) is 4.90 Å². The van der Waals surface area contributed by atoms with Gasteiger partial charge >= 0.3 is 0 Å². The predicted molar refractivity (Wildman–Crippen MR) is 94.0 cm³/mol. The molecule has 0 aliphatic carbocycles. The van der Waals surface area contributed by atoms with Crippen LogP contribution in [0, 0.1) is 5.92 Å². The number of likely N-dealkylation sites (tertiary alicyclic amines) is 1. The molecule has 1 aromatic carbocycles. The van der Waals surface area contributed by atoms with E-state index in [9.17, 15) is 13.2 Å². The second-order valence-corrected chi connectivity index (χ2v) is 8.53. The van der Waals surface area contributed by atoms with Crippen molar-refractivity contribution < 1.29 is 13.2 Å². The Kier molecular flexibility index (Phi) is 5.22. The number of sulfonamides is 1. The third-order valence-corrected chi connectivity index (χ3v) is 5.73. The van der Waals surface area contributed by atoms with Gasteiger partial charge in [-0.2, -0.15) is 0 Å². The van der Waals surface area contributed by atoms with Crippen molar-refractivity contribution in [3.8, 4) is 0 Å². The van der Waals surface area contributed by atoms with E-state index in [2.05, 4.69) is 11.0 Å². The van der Waals surface area contributed by atoms with Crippen molar-refractivity contribution >= 4 is 21.6 Å². The standard InChI is InChI=1S/C17H25N3O3S/c18-24(22,23)13-14-10-17(21)20(11-14)16-7-3-2-6-15(16)12-19-8-4-1-5-9-19/h2-3,6-7,14H,1,4-5,8-13H2,(H2,18,22,23). The normalized spacial score (nSPS) is 23.0. The maximum Gasteiger partial charge on any atom is 0.227 e. The maximum atomic E-state index is 12.4. The van der Waals surface area contributed by atoms with Crippen LogP contribution in [0.2, 0.25) is 0 Å². The van der Waals surface area contributed by atoms with Crippen LogP contribution in [-0.4, -0.2) is 44.6 Å². The molecule has 2 aliphatic heterocycles. The molecule has 2 fully saturated rings. The van der Waals surface area contributed by atoms with Crippen LogP contribution in [0.15, 0.2) is 24.3 Å². The van der Waals surface area contributed by atoms with Crippen molar-refractivity contribution in [2.45, 2.75) is 32.2 Å². The summed E-state index contributed by atoms with van der Waals surface area (Å²) in [5.41, 5.74) is 2.04. The van der Waals surface area contributed by atoms with Gasteiger partial charge in [0.15, 0.2) is 0 Å².